The third kappa shape index (κ3) is 5.43. The van der Waals surface area contributed by atoms with Crippen LogP contribution in [0.25, 0.3) is 0 Å². The molecular formula is C27H27N3O4. The number of hydrogen-bond acceptors (Lipinski definition) is 4. The first-order valence-corrected chi connectivity index (χ1v) is 11.3. The summed E-state index contributed by atoms with van der Waals surface area (Å²) in [7, 11) is 0. The van der Waals surface area contributed by atoms with Gasteiger partial charge in [-0.25, -0.2) is 4.79 Å². The van der Waals surface area contributed by atoms with Crippen molar-refractivity contribution in [3.63, 3.8) is 0 Å². The number of carbonyl (C=O) groups excluding carboxylic acids is 3. The first kappa shape index (κ1) is 23.0. The molecule has 3 amide bonds. The van der Waals surface area contributed by atoms with E-state index in [2.05, 4.69) is 10.6 Å². The van der Waals surface area contributed by atoms with Gasteiger partial charge in [0, 0.05) is 17.8 Å². The van der Waals surface area contributed by atoms with Crippen molar-refractivity contribution in [2.75, 3.05) is 10.6 Å². The molecular weight excluding hydrogens is 430 g/mol. The summed E-state index contributed by atoms with van der Waals surface area (Å²) in [6, 6.07) is 24.8. The maximum absolute atomic E-state index is 13.4. The Morgan fingerprint density at radius 2 is 1.47 bits per heavy atom. The van der Waals surface area contributed by atoms with Gasteiger partial charge in [0.1, 0.15) is 0 Å². The molecule has 0 aliphatic carbocycles. The number of para-hydroxylation sites is 1. The highest BCUT2D eigenvalue weighted by Crippen LogP contribution is 2.35. The average molecular weight is 458 g/mol. The van der Waals surface area contributed by atoms with E-state index >= 15 is 0 Å². The van der Waals surface area contributed by atoms with Crippen LogP contribution in [0.3, 0.4) is 0 Å². The lowest BCUT2D eigenvalue weighted by molar-refractivity contribution is -0.121. The van der Waals surface area contributed by atoms with Crippen molar-refractivity contribution in [3.05, 3.63) is 96.1 Å². The first-order chi connectivity index (χ1) is 16.5. The molecule has 1 aliphatic rings. The van der Waals surface area contributed by atoms with Crippen LogP contribution >= 0.6 is 0 Å². The lowest BCUT2D eigenvalue weighted by Gasteiger charge is -2.24. The highest BCUT2D eigenvalue weighted by molar-refractivity contribution is 5.98. The van der Waals surface area contributed by atoms with E-state index in [0.717, 1.165) is 12.0 Å². The van der Waals surface area contributed by atoms with Crippen LogP contribution in [0.4, 0.5) is 16.2 Å². The Balaban J connectivity index is 1.59. The zero-order valence-corrected chi connectivity index (χ0v) is 18.9. The highest BCUT2D eigenvalue weighted by Gasteiger charge is 2.47. The highest BCUT2D eigenvalue weighted by atomic mass is 16.6. The molecule has 1 heterocycles. The summed E-state index contributed by atoms with van der Waals surface area (Å²) >= 11 is 0. The predicted octanol–water partition coefficient (Wildman–Crippen LogP) is 5.13. The summed E-state index contributed by atoms with van der Waals surface area (Å²) in [6.45, 7) is 2.19. The number of anilines is 2. The number of hydrogen-bond donors (Lipinski definition) is 2. The van der Waals surface area contributed by atoms with Crippen molar-refractivity contribution in [2.45, 2.75) is 38.5 Å². The minimum absolute atomic E-state index is 0.0586. The molecule has 0 aromatic heterocycles. The zero-order chi connectivity index (χ0) is 23.9. The molecule has 3 aromatic rings. The number of cyclic esters (lactones) is 1. The lowest BCUT2D eigenvalue weighted by Crippen LogP contribution is -2.43. The number of nitrogens with zero attached hydrogens (tertiary/aromatic N) is 1. The molecule has 0 bridgehead atoms. The summed E-state index contributed by atoms with van der Waals surface area (Å²) in [4.78, 5) is 39.6. The average Bonchev–Trinajstić information content (AvgIpc) is 3.17. The third-order valence-electron chi connectivity index (χ3n) is 5.59. The molecule has 0 radical (unpaired) electrons. The molecule has 34 heavy (non-hydrogen) atoms. The van der Waals surface area contributed by atoms with Crippen molar-refractivity contribution < 1.29 is 19.1 Å². The predicted molar refractivity (Wildman–Crippen MR) is 130 cm³/mol. The van der Waals surface area contributed by atoms with Gasteiger partial charge in [0.15, 0.2) is 12.1 Å². The fourth-order valence-corrected chi connectivity index (χ4v) is 3.93. The molecule has 3 aromatic carbocycles. The number of benzene rings is 3. The van der Waals surface area contributed by atoms with E-state index < -0.39 is 18.2 Å². The Bertz CT molecular complexity index is 1130. The Kier molecular flexibility index (Phi) is 7.22. The fourth-order valence-electron chi connectivity index (χ4n) is 3.93. The maximum atomic E-state index is 13.4. The van der Waals surface area contributed by atoms with Crippen molar-refractivity contribution >= 4 is 29.3 Å². The number of amides is 3. The zero-order valence-electron chi connectivity index (χ0n) is 18.9. The number of rotatable bonds is 8. The van der Waals surface area contributed by atoms with Crippen LogP contribution in [0.2, 0.25) is 0 Å². The van der Waals surface area contributed by atoms with Gasteiger partial charge in [0.05, 0.1) is 6.54 Å². The lowest BCUT2D eigenvalue weighted by atomic mass is 10.00. The Morgan fingerprint density at radius 1 is 0.853 bits per heavy atom. The number of ether oxygens (including phenoxy) is 1. The Morgan fingerprint density at radius 3 is 2.12 bits per heavy atom. The van der Waals surface area contributed by atoms with E-state index in [1.165, 1.54) is 4.90 Å². The molecule has 7 heteroatoms. The summed E-state index contributed by atoms with van der Waals surface area (Å²) in [5, 5.41) is 5.74. The molecule has 7 nitrogen and oxygen atoms in total. The van der Waals surface area contributed by atoms with Crippen LogP contribution in [-0.4, -0.2) is 28.8 Å². The second kappa shape index (κ2) is 10.7. The van der Waals surface area contributed by atoms with Gasteiger partial charge < -0.3 is 15.4 Å². The van der Waals surface area contributed by atoms with Gasteiger partial charge in [-0.3, -0.25) is 14.5 Å². The number of nitrogens with one attached hydrogen (secondary N) is 2. The molecule has 0 saturated carbocycles. The second-order valence-electron chi connectivity index (χ2n) is 8.14. The molecule has 0 spiro atoms. The quantitative estimate of drug-likeness (QED) is 0.491. The minimum Gasteiger partial charge on any atom is -0.438 e. The van der Waals surface area contributed by atoms with Gasteiger partial charge >= 0.3 is 6.09 Å². The topological polar surface area (TPSA) is 87.7 Å². The van der Waals surface area contributed by atoms with Crippen LogP contribution in [-0.2, 0) is 20.9 Å². The van der Waals surface area contributed by atoms with E-state index in [1.54, 1.807) is 36.4 Å². The summed E-state index contributed by atoms with van der Waals surface area (Å²) < 4.78 is 5.70. The monoisotopic (exact) mass is 457 g/mol. The third-order valence-corrected chi connectivity index (χ3v) is 5.59. The summed E-state index contributed by atoms with van der Waals surface area (Å²) in [6.07, 6.45) is -0.141. The van der Waals surface area contributed by atoms with E-state index in [-0.39, 0.29) is 18.4 Å². The van der Waals surface area contributed by atoms with Crippen molar-refractivity contribution in [2.24, 2.45) is 0 Å². The van der Waals surface area contributed by atoms with Gasteiger partial charge in [-0.2, -0.15) is 0 Å². The molecule has 2 N–H and O–H groups in total. The van der Waals surface area contributed by atoms with Gasteiger partial charge in [0.25, 0.3) is 5.91 Å². The summed E-state index contributed by atoms with van der Waals surface area (Å²) in [5.41, 5.74) is 2.86. The van der Waals surface area contributed by atoms with Crippen LogP contribution in [0.15, 0.2) is 84.9 Å². The molecule has 174 valence electrons. The Labute approximate surface area is 198 Å². The SMILES string of the molecule is CCCC(=O)Nc1ccc(C2OC(=O)N(Cc3ccccc3)C2C(=O)Nc2ccccc2)cc1. The molecule has 2 atom stereocenters. The second-order valence-corrected chi connectivity index (χ2v) is 8.14. The van der Waals surface area contributed by atoms with Crippen LogP contribution in [0, 0.1) is 0 Å². The molecule has 1 fully saturated rings. The smallest absolute Gasteiger partial charge is 0.411 e. The van der Waals surface area contributed by atoms with Gasteiger partial charge in [-0.05, 0) is 41.8 Å². The molecule has 2 unspecified atom stereocenters. The van der Waals surface area contributed by atoms with Crippen molar-refractivity contribution in [3.8, 4) is 0 Å². The molecule has 4 rings (SSSR count). The fraction of sp³-hybridized carbons (Fsp3) is 0.222. The van der Waals surface area contributed by atoms with Gasteiger partial charge in [0.2, 0.25) is 5.91 Å². The van der Waals surface area contributed by atoms with E-state index in [4.69, 9.17) is 4.74 Å². The van der Waals surface area contributed by atoms with E-state index in [9.17, 15) is 14.4 Å². The minimum atomic E-state index is -0.867. The van der Waals surface area contributed by atoms with Crippen LogP contribution in [0.1, 0.15) is 37.0 Å². The van der Waals surface area contributed by atoms with E-state index in [1.807, 2.05) is 55.5 Å². The molecule has 1 saturated heterocycles. The first-order valence-electron chi connectivity index (χ1n) is 11.3. The van der Waals surface area contributed by atoms with E-state index in [0.29, 0.717) is 23.4 Å². The summed E-state index contributed by atoms with van der Waals surface area (Å²) in [5.74, 6) is -0.394. The normalized spacial score (nSPS) is 17.2. The largest absolute Gasteiger partial charge is 0.438 e. The standard InChI is InChI=1S/C27H27N3O4/c1-2-9-23(31)28-22-16-14-20(15-17-22)25-24(26(32)29-21-12-7-4-8-13-21)30(27(33)34-25)18-19-10-5-3-6-11-19/h3-8,10-17,24-25H,2,9,18H2,1H3,(H,28,31)(H,29,32). The van der Waals surface area contributed by atoms with Crippen LogP contribution in [0.5, 0.6) is 0 Å². The van der Waals surface area contributed by atoms with Crippen LogP contribution < -0.4 is 10.6 Å². The van der Waals surface area contributed by atoms with Crippen molar-refractivity contribution in [1.82, 2.24) is 4.90 Å². The van der Waals surface area contributed by atoms with Crippen molar-refractivity contribution in [1.29, 1.82) is 0 Å². The number of carbonyl (C=O) groups is 3. The Hall–Kier alpha value is -4.13. The van der Waals surface area contributed by atoms with Gasteiger partial charge in [-0.1, -0.05) is 67.6 Å². The molecule has 1 aliphatic heterocycles. The maximum Gasteiger partial charge on any atom is 0.411 e. The van der Waals surface area contributed by atoms with Gasteiger partial charge in [-0.15, -0.1) is 0 Å².